The summed E-state index contributed by atoms with van der Waals surface area (Å²) in [6, 6.07) is 3.55. The molecule has 3 rings (SSSR count). The van der Waals surface area contributed by atoms with Gasteiger partial charge in [0.05, 0.1) is 12.3 Å². The first kappa shape index (κ1) is 14.9. The number of nitrogens with zero attached hydrogens (tertiary/aromatic N) is 1. The molecule has 1 aliphatic rings. The molecule has 0 aliphatic carbocycles. The predicted octanol–water partition coefficient (Wildman–Crippen LogP) is 2.37. The first-order chi connectivity index (χ1) is 10.6. The van der Waals surface area contributed by atoms with Gasteiger partial charge in [0.2, 0.25) is 12.0 Å². The molecule has 1 fully saturated rings. The van der Waals surface area contributed by atoms with E-state index >= 15 is 0 Å². The van der Waals surface area contributed by atoms with Crippen LogP contribution in [0, 0.1) is 18.6 Å². The molecular weight excluding hydrogens is 294 g/mol. The summed E-state index contributed by atoms with van der Waals surface area (Å²) in [5, 5.41) is 3.14. The molecule has 0 amide bonds. The van der Waals surface area contributed by atoms with E-state index in [1.807, 2.05) is 0 Å². The Balaban J connectivity index is 1.91. The van der Waals surface area contributed by atoms with Crippen molar-refractivity contribution < 1.29 is 22.7 Å². The molecule has 0 saturated carbocycles. The van der Waals surface area contributed by atoms with E-state index in [0.29, 0.717) is 25.4 Å². The van der Waals surface area contributed by atoms with Crippen molar-refractivity contribution in [2.45, 2.75) is 19.1 Å². The van der Waals surface area contributed by atoms with Crippen LogP contribution >= 0.6 is 0 Å². The molecule has 1 N–H and O–H groups in total. The van der Waals surface area contributed by atoms with Crippen LogP contribution in [-0.4, -0.2) is 30.8 Å². The van der Waals surface area contributed by atoms with Crippen molar-refractivity contribution in [2.24, 2.45) is 0 Å². The standard InChI is InChI=1S/C15H16F2N2O3/c1-9-8-21-15(19-9)14(12-7-18-5-6-20-12)22-13-10(16)3-2-4-11(13)17/h2-4,8,12,14,18H,5-7H2,1H3/t12-,14?/m0/s1. The largest absolute Gasteiger partial charge is 0.472 e. The van der Waals surface area contributed by atoms with E-state index < -0.39 is 29.6 Å². The van der Waals surface area contributed by atoms with Crippen LogP contribution in [0.25, 0.3) is 0 Å². The Morgan fingerprint density at radius 2 is 2.14 bits per heavy atom. The van der Waals surface area contributed by atoms with Crippen LogP contribution in [0.1, 0.15) is 17.7 Å². The molecule has 118 valence electrons. The quantitative estimate of drug-likeness (QED) is 0.939. The number of para-hydroxylation sites is 1. The molecule has 0 bridgehead atoms. The smallest absolute Gasteiger partial charge is 0.238 e. The van der Waals surface area contributed by atoms with Gasteiger partial charge in [-0.25, -0.2) is 13.8 Å². The summed E-state index contributed by atoms with van der Waals surface area (Å²) in [7, 11) is 0. The van der Waals surface area contributed by atoms with Gasteiger partial charge in [-0.15, -0.1) is 0 Å². The van der Waals surface area contributed by atoms with Crippen molar-refractivity contribution in [1.29, 1.82) is 0 Å². The van der Waals surface area contributed by atoms with Gasteiger partial charge in [-0.3, -0.25) is 0 Å². The van der Waals surface area contributed by atoms with Crippen LogP contribution in [0.15, 0.2) is 28.9 Å². The number of rotatable bonds is 4. The maximum absolute atomic E-state index is 13.8. The van der Waals surface area contributed by atoms with Crippen LogP contribution in [0.4, 0.5) is 8.78 Å². The van der Waals surface area contributed by atoms with E-state index in [1.54, 1.807) is 6.92 Å². The number of hydrogen-bond donors (Lipinski definition) is 1. The Bertz CT molecular complexity index is 621. The lowest BCUT2D eigenvalue weighted by Crippen LogP contribution is -2.43. The second-order valence-electron chi connectivity index (χ2n) is 5.03. The lowest BCUT2D eigenvalue weighted by molar-refractivity contribution is -0.0541. The molecule has 2 aromatic rings. The Kier molecular flexibility index (Phi) is 4.35. The van der Waals surface area contributed by atoms with Gasteiger partial charge in [-0.2, -0.15) is 0 Å². The van der Waals surface area contributed by atoms with Crippen LogP contribution in [0.2, 0.25) is 0 Å². The third kappa shape index (κ3) is 3.10. The van der Waals surface area contributed by atoms with Crippen molar-refractivity contribution >= 4 is 0 Å². The maximum Gasteiger partial charge on any atom is 0.238 e. The van der Waals surface area contributed by atoms with Gasteiger partial charge >= 0.3 is 0 Å². The molecule has 1 aromatic carbocycles. The lowest BCUT2D eigenvalue weighted by atomic mass is 10.1. The molecular formula is C15H16F2N2O3. The van der Waals surface area contributed by atoms with Gasteiger partial charge in [0, 0.05) is 13.1 Å². The minimum Gasteiger partial charge on any atom is -0.472 e. The fraction of sp³-hybridized carbons (Fsp3) is 0.400. The second kappa shape index (κ2) is 6.41. The number of ether oxygens (including phenoxy) is 2. The zero-order chi connectivity index (χ0) is 15.5. The van der Waals surface area contributed by atoms with E-state index in [2.05, 4.69) is 10.3 Å². The van der Waals surface area contributed by atoms with E-state index in [-0.39, 0.29) is 5.89 Å². The Morgan fingerprint density at radius 1 is 1.36 bits per heavy atom. The molecule has 0 spiro atoms. The van der Waals surface area contributed by atoms with E-state index in [1.165, 1.54) is 12.3 Å². The van der Waals surface area contributed by atoms with Crippen molar-refractivity contribution in [2.75, 3.05) is 19.7 Å². The first-order valence-corrected chi connectivity index (χ1v) is 7.00. The third-order valence-corrected chi connectivity index (χ3v) is 3.34. The summed E-state index contributed by atoms with van der Waals surface area (Å²) in [6.07, 6.45) is 0.165. The van der Waals surface area contributed by atoms with E-state index in [0.717, 1.165) is 12.1 Å². The molecule has 22 heavy (non-hydrogen) atoms. The number of hydrogen-bond acceptors (Lipinski definition) is 5. The molecule has 1 saturated heterocycles. The molecule has 2 heterocycles. The summed E-state index contributed by atoms with van der Waals surface area (Å²) in [5.74, 6) is -1.79. The molecule has 7 heteroatoms. The highest BCUT2D eigenvalue weighted by Gasteiger charge is 2.33. The van der Waals surface area contributed by atoms with Crippen LogP contribution < -0.4 is 10.1 Å². The fourth-order valence-electron chi connectivity index (χ4n) is 2.29. The second-order valence-corrected chi connectivity index (χ2v) is 5.03. The molecule has 1 aromatic heterocycles. The molecule has 2 atom stereocenters. The number of oxazole rings is 1. The summed E-state index contributed by atoms with van der Waals surface area (Å²) >= 11 is 0. The topological polar surface area (TPSA) is 56.5 Å². The highest BCUT2D eigenvalue weighted by atomic mass is 19.1. The number of aryl methyl sites for hydroxylation is 1. The van der Waals surface area contributed by atoms with Crippen LogP contribution in [-0.2, 0) is 4.74 Å². The average molecular weight is 310 g/mol. The SMILES string of the molecule is Cc1coc(C(Oc2c(F)cccc2F)[C@@H]2CNCCO2)n1. The summed E-state index contributed by atoms with van der Waals surface area (Å²) < 4.78 is 44.2. The number of benzene rings is 1. The Labute approximate surface area is 126 Å². The summed E-state index contributed by atoms with van der Waals surface area (Å²) in [6.45, 7) is 3.42. The normalized spacial score (nSPS) is 19.9. The van der Waals surface area contributed by atoms with Crippen molar-refractivity contribution in [1.82, 2.24) is 10.3 Å². The highest BCUT2D eigenvalue weighted by Crippen LogP contribution is 2.30. The third-order valence-electron chi connectivity index (χ3n) is 3.34. The van der Waals surface area contributed by atoms with Gasteiger partial charge in [0.25, 0.3) is 0 Å². The minimum atomic E-state index is -0.840. The number of morpholine rings is 1. The minimum absolute atomic E-state index is 0.230. The highest BCUT2D eigenvalue weighted by molar-refractivity contribution is 5.27. The predicted molar refractivity (Wildman–Crippen MR) is 73.6 cm³/mol. The number of nitrogens with one attached hydrogen (secondary N) is 1. The zero-order valence-electron chi connectivity index (χ0n) is 12.0. The molecule has 0 radical (unpaired) electrons. The number of aromatic nitrogens is 1. The fourth-order valence-corrected chi connectivity index (χ4v) is 2.29. The Hall–Kier alpha value is -1.99. The van der Waals surface area contributed by atoms with Gasteiger partial charge in [0.15, 0.2) is 17.4 Å². The average Bonchev–Trinajstić information content (AvgIpc) is 2.94. The number of halogens is 2. The monoisotopic (exact) mass is 310 g/mol. The van der Waals surface area contributed by atoms with E-state index in [9.17, 15) is 8.78 Å². The maximum atomic E-state index is 13.8. The summed E-state index contributed by atoms with van der Waals surface area (Å²) in [5.41, 5.74) is 0.654. The van der Waals surface area contributed by atoms with Crippen molar-refractivity contribution in [3.05, 3.63) is 47.7 Å². The zero-order valence-corrected chi connectivity index (χ0v) is 12.0. The first-order valence-electron chi connectivity index (χ1n) is 7.00. The lowest BCUT2D eigenvalue weighted by Gasteiger charge is -2.29. The van der Waals surface area contributed by atoms with Crippen LogP contribution in [0.5, 0.6) is 5.75 Å². The molecule has 5 nitrogen and oxygen atoms in total. The van der Waals surface area contributed by atoms with Gasteiger partial charge in [0.1, 0.15) is 12.4 Å². The van der Waals surface area contributed by atoms with Crippen molar-refractivity contribution in [3.8, 4) is 5.75 Å². The van der Waals surface area contributed by atoms with Crippen molar-refractivity contribution in [3.63, 3.8) is 0 Å². The van der Waals surface area contributed by atoms with E-state index in [4.69, 9.17) is 13.9 Å². The Morgan fingerprint density at radius 3 is 2.73 bits per heavy atom. The van der Waals surface area contributed by atoms with Gasteiger partial charge in [-0.05, 0) is 19.1 Å². The molecule has 1 unspecified atom stereocenters. The van der Waals surface area contributed by atoms with Gasteiger partial charge < -0.3 is 19.2 Å². The summed E-state index contributed by atoms with van der Waals surface area (Å²) in [4.78, 5) is 4.20. The molecule has 1 aliphatic heterocycles. The van der Waals surface area contributed by atoms with Gasteiger partial charge in [-0.1, -0.05) is 6.07 Å². The van der Waals surface area contributed by atoms with Crippen LogP contribution in [0.3, 0.4) is 0 Å².